The number of ether oxygens (including phenoxy) is 2. The highest BCUT2D eigenvalue weighted by Crippen LogP contribution is 2.20. The Hall–Kier alpha value is -2.00. The first-order chi connectivity index (χ1) is 12.5. The second kappa shape index (κ2) is 12.4. The Balaban J connectivity index is 2.89. The largest absolute Gasteiger partial charge is 0.478 e. The SMILES string of the molecule is O=C(O)c1cc(CCOCCCO)cc(C(=O)O)c1CCOCCCO. The van der Waals surface area contributed by atoms with Gasteiger partial charge in [-0.05, 0) is 48.9 Å². The molecule has 0 bridgehead atoms. The molecule has 0 atom stereocenters. The van der Waals surface area contributed by atoms with Crippen molar-refractivity contribution in [3.63, 3.8) is 0 Å². The molecule has 146 valence electrons. The average Bonchev–Trinajstić information content (AvgIpc) is 2.61. The summed E-state index contributed by atoms with van der Waals surface area (Å²) in [6.07, 6.45) is 1.50. The maximum Gasteiger partial charge on any atom is 0.335 e. The van der Waals surface area contributed by atoms with Gasteiger partial charge in [-0.1, -0.05) is 0 Å². The highest BCUT2D eigenvalue weighted by atomic mass is 16.5. The van der Waals surface area contributed by atoms with Gasteiger partial charge >= 0.3 is 11.9 Å². The summed E-state index contributed by atoms with van der Waals surface area (Å²) in [5, 5.41) is 36.3. The number of rotatable bonds is 14. The van der Waals surface area contributed by atoms with Crippen molar-refractivity contribution < 1.29 is 39.5 Å². The van der Waals surface area contributed by atoms with E-state index >= 15 is 0 Å². The molecule has 0 fully saturated rings. The molecule has 4 N–H and O–H groups in total. The van der Waals surface area contributed by atoms with Gasteiger partial charge in [0.25, 0.3) is 0 Å². The molecule has 0 amide bonds. The number of carbonyl (C=O) groups is 2. The number of hydrogen-bond donors (Lipinski definition) is 4. The van der Waals surface area contributed by atoms with Crippen LogP contribution in [-0.4, -0.2) is 72.0 Å². The Kier molecular flexibility index (Phi) is 10.5. The number of carboxylic acids is 2. The van der Waals surface area contributed by atoms with Gasteiger partial charge in [0, 0.05) is 26.4 Å². The van der Waals surface area contributed by atoms with Crippen molar-refractivity contribution in [2.75, 3.05) is 39.6 Å². The van der Waals surface area contributed by atoms with Crippen molar-refractivity contribution in [1.29, 1.82) is 0 Å². The first-order valence-electron chi connectivity index (χ1n) is 8.50. The topological polar surface area (TPSA) is 134 Å². The standard InChI is InChI=1S/C18H26O8/c19-5-1-7-25-9-3-13-11-15(17(21)22)14(16(12-13)18(23)24)4-10-26-8-2-6-20/h11-12,19-20H,1-10H2,(H,21,22)(H,23,24). The molecule has 26 heavy (non-hydrogen) atoms. The third-order valence-electron chi connectivity index (χ3n) is 3.70. The fourth-order valence-corrected chi connectivity index (χ4v) is 2.43. The molecular weight excluding hydrogens is 344 g/mol. The minimum Gasteiger partial charge on any atom is -0.478 e. The lowest BCUT2D eigenvalue weighted by atomic mass is 9.94. The highest BCUT2D eigenvalue weighted by Gasteiger charge is 2.20. The van der Waals surface area contributed by atoms with Crippen molar-refractivity contribution in [2.24, 2.45) is 0 Å². The lowest BCUT2D eigenvalue weighted by Crippen LogP contribution is -2.14. The molecule has 1 rings (SSSR count). The van der Waals surface area contributed by atoms with Gasteiger partial charge < -0.3 is 29.9 Å². The minimum atomic E-state index is -1.19. The molecule has 0 saturated heterocycles. The summed E-state index contributed by atoms with van der Waals surface area (Å²) >= 11 is 0. The second-order valence-corrected chi connectivity index (χ2v) is 5.66. The Morgan fingerprint density at radius 2 is 1.23 bits per heavy atom. The first kappa shape index (κ1) is 22.0. The Morgan fingerprint density at radius 3 is 1.65 bits per heavy atom. The maximum absolute atomic E-state index is 11.6. The van der Waals surface area contributed by atoms with Crippen molar-refractivity contribution in [1.82, 2.24) is 0 Å². The van der Waals surface area contributed by atoms with Crippen LogP contribution in [0.1, 0.15) is 44.7 Å². The fourth-order valence-electron chi connectivity index (χ4n) is 2.43. The van der Waals surface area contributed by atoms with Crippen LogP contribution in [0.25, 0.3) is 0 Å². The lowest BCUT2D eigenvalue weighted by molar-refractivity contribution is 0.0692. The Labute approximate surface area is 152 Å². The van der Waals surface area contributed by atoms with Crippen molar-refractivity contribution >= 4 is 11.9 Å². The van der Waals surface area contributed by atoms with Crippen molar-refractivity contribution in [2.45, 2.75) is 25.7 Å². The number of aromatic carboxylic acids is 2. The minimum absolute atomic E-state index is 0.00414. The number of hydrogen-bond acceptors (Lipinski definition) is 6. The monoisotopic (exact) mass is 370 g/mol. The van der Waals surface area contributed by atoms with Crippen LogP contribution < -0.4 is 0 Å². The predicted molar refractivity (Wildman–Crippen MR) is 92.8 cm³/mol. The molecule has 0 spiro atoms. The Morgan fingerprint density at radius 1 is 0.769 bits per heavy atom. The number of benzene rings is 1. The molecular formula is C18H26O8. The predicted octanol–water partition coefficient (Wildman–Crippen LogP) is 0.966. The summed E-state index contributed by atoms with van der Waals surface area (Å²) in [6.45, 7) is 1.21. The maximum atomic E-state index is 11.6. The summed E-state index contributed by atoms with van der Waals surface area (Å²) in [5.41, 5.74) is 0.676. The summed E-state index contributed by atoms with van der Waals surface area (Å²) in [7, 11) is 0. The summed E-state index contributed by atoms with van der Waals surface area (Å²) in [4.78, 5) is 23.1. The van der Waals surface area contributed by atoms with Gasteiger partial charge in [0.2, 0.25) is 0 Å². The highest BCUT2D eigenvalue weighted by molar-refractivity contribution is 5.97. The number of carboxylic acid groups (broad SMARTS) is 2. The fraction of sp³-hybridized carbons (Fsp3) is 0.556. The van der Waals surface area contributed by atoms with Gasteiger partial charge in [-0.25, -0.2) is 9.59 Å². The molecule has 0 aliphatic carbocycles. The molecule has 0 heterocycles. The van der Waals surface area contributed by atoms with Gasteiger partial charge in [-0.3, -0.25) is 0 Å². The van der Waals surface area contributed by atoms with Gasteiger partial charge in [0.05, 0.1) is 24.3 Å². The second-order valence-electron chi connectivity index (χ2n) is 5.66. The summed E-state index contributed by atoms with van der Waals surface area (Å²) in [6, 6.07) is 2.93. The summed E-state index contributed by atoms with van der Waals surface area (Å²) in [5.74, 6) is -2.39. The molecule has 0 unspecified atom stereocenters. The molecule has 1 aromatic rings. The van der Waals surface area contributed by atoms with E-state index in [1.165, 1.54) is 12.1 Å². The van der Waals surface area contributed by atoms with Gasteiger partial charge in [-0.2, -0.15) is 0 Å². The Bertz CT molecular complexity index is 550. The van der Waals surface area contributed by atoms with E-state index in [0.717, 1.165) is 0 Å². The summed E-state index contributed by atoms with van der Waals surface area (Å²) < 4.78 is 10.6. The van der Waals surface area contributed by atoms with Crippen molar-refractivity contribution in [3.05, 3.63) is 34.4 Å². The van der Waals surface area contributed by atoms with E-state index in [4.69, 9.17) is 19.7 Å². The molecule has 8 nitrogen and oxygen atoms in total. The van der Waals surface area contributed by atoms with Crippen LogP contribution >= 0.6 is 0 Å². The molecule has 0 aromatic heterocycles. The zero-order valence-electron chi connectivity index (χ0n) is 14.6. The van der Waals surface area contributed by atoms with E-state index in [1.54, 1.807) is 0 Å². The molecule has 0 radical (unpaired) electrons. The van der Waals surface area contributed by atoms with Crippen LogP contribution in [0.2, 0.25) is 0 Å². The molecule has 0 saturated carbocycles. The van der Waals surface area contributed by atoms with Gasteiger partial charge in [-0.15, -0.1) is 0 Å². The van der Waals surface area contributed by atoms with E-state index in [-0.39, 0.29) is 42.9 Å². The molecule has 0 aliphatic heterocycles. The lowest BCUT2D eigenvalue weighted by Gasteiger charge is -2.13. The van der Waals surface area contributed by atoms with E-state index < -0.39 is 11.9 Å². The third-order valence-corrected chi connectivity index (χ3v) is 3.70. The van der Waals surface area contributed by atoms with E-state index in [0.29, 0.717) is 44.6 Å². The smallest absolute Gasteiger partial charge is 0.335 e. The number of aliphatic hydroxyl groups is 2. The van der Waals surface area contributed by atoms with Crippen LogP contribution in [0, 0.1) is 0 Å². The van der Waals surface area contributed by atoms with Gasteiger partial charge in [0.1, 0.15) is 0 Å². The average molecular weight is 370 g/mol. The zero-order chi connectivity index (χ0) is 19.4. The normalized spacial score (nSPS) is 10.8. The van der Waals surface area contributed by atoms with E-state index in [9.17, 15) is 19.8 Å². The van der Waals surface area contributed by atoms with Crippen LogP contribution in [0.3, 0.4) is 0 Å². The van der Waals surface area contributed by atoms with Crippen LogP contribution in [0.4, 0.5) is 0 Å². The molecule has 8 heteroatoms. The van der Waals surface area contributed by atoms with Crippen LogP contribution in [0.5, 0.6) is 0 Å². The van der Waals surface area contributed by atoms with E-state index in [2.05, 4.69) is 0 Å². The third kappa shape index (κ3) is 7.49. The molecule has 0 aliphatic rings. The van der Waals surface area contributed by atoms with Crippen LogP contribution in [-0.2, 0) is 22.3 Å². The van der Waals surface area contributed by atoms with Gasteiger partial charge in [0.15, 0.2) is 0 Å². The van der Waals surface area contributed by atoms with E-state index in [1.807, 2.05) is 0 Å². The zero-order valence-corrected chi connectivity index (χ0v) is 14.6. The van der Waals surface area contributed by atoms with Crippen LogP contribution in [0.15, 0.2) is 12.1 Å². The van der Waals surface area contributed by atoms with Crippen molar-refractivity contribution in [3.8, 4) is 0 Å². The number of aliphatic hydroxyl groups excluding tert-OH is 2. The molecule has 1 aromatic carbocycles. The first-order valence-corrected chi connectivity index (χ1v) is 8.50. The quantitative estimate of drug-likeness (QED) is 0.356.